The predicted molar refractivity (Wildman–Crippen MR) is 76.6 cm³/mol. The Morgan fingerprint density at radius 1 is 0.867 bits per heavy atom. The van der Waals surface area contributed by atoms with E-state index in [1.165, 1.54) is 0 Å². The highest BCUT2D eigenvalue weighted by molar-refractivity contribution is 14.1. The van der Waals surface area contributed by atoms with E-state index in [0.29, 0.717) is 0 Å². The lowest BCUT2D eigenvalue weighted by atomic mass is 10.5. The molecular formula is C10H7Br2IN2. The van der Waals surface area contributed by atoms with Crippen molar-refractivity contribution in [3.8, 4) is 0 Å². The van der Waals surface area contributed by atoms with E-state index in [1.54, 1.807) is 24.8 Å². The van der Waals surface area contributed by atoms with Crippen molar-refractivity contribution >= 4 is 54.5 Å². The molecule has 0 aliphatic rings. The summed E-state index contributed by atoms with van der Waals surface area (Å²) >= 11 is 8.93. The Morgan fingerprint density at radius 3 is 1.67 bits per heavy atom. The van der Waals surface area contributed by atoms with Gasteiger partial charge in [0.05, 0.1) is 8.95 Å². The Bertz CT molecular complexity index is 362. The quantitative estimate of drug-likeness (QED) is 0.570. The fraction of sp³-hybridized carbons (Fsp3) is 0. The third kappa shape index (κ3) is 5.03. The molecule has 0 bridgehead atoms. The normalized spacial score (nSPS) is 9.00. The molecule has 2 aromatic heterocycles. The van der Waals surface area contributed by atoms with Crippen LogP contribution in [0.25, 0.3) is 0 Å². The van der Waals surface area contributed by atoms with Crippen LogP contribution in [0.4, 0.5) is 0 Å². The van der Waals surface area contributed by atoms with Crippen molar-refractivity contribution in [1.82, 2.24) is 9.97 Å². The molecular weight excluding hydrogens is 435 g/mol. The Balaban J connectivity index is 0.000000162. The van der Waals surface area contributed by atoms with Gasteiger partial charge in [0.1, 0.15) is 0 Å². The smallest absolute Gasteiger partial charge is 0.0503 e. The van der Waals surface area contributed by atoms with Crippen LogP contribution in [0.1, 0.15) is 0 Å². The van der Waals surface area contributed by atoms with E-state index in [9.17, 15) is 0 Å². The van der Waals surface area contributed by atoms with Gasteiger partial charge in [-0.3, -0.25) is 9.97 Å². The third-order valence-corrected chi connectivity index (χ3v) is 5.21. The van der Waals surface area contributed by atoms with Gasteiger partial charge in [0.15, 0.2) is 0 Å². The second-order valence-electron chi connectivity index (χ2n) is 2.44. The van der Waals surface area contributed by atoms with Gasteiger partial charge in [-0.1, -0.05) is 6.07 Å². The molecule has 0 unspecified atom stereocenters. The maximum atomic E-state index is 3.95. The molecule has 0 fully saturated rings. The molecule has 2 nitrogen and oxygen atoms in total. The lowest BCUT2D eigenvalue weighted by molar-refractivity contribution is 1.27. The van der Waals surface area contributed by atoms with Gasteiger partial charge in [-0.2, -0.15) is 0 Å². The lowest BCUT2D eigenvalue weighted by Crippen LogP contribution is -1.78. The number of nitrogens with zero attached hydrogens (tertiary/aromatic N) is 2. The number of pyridine rings is 2. The maximum absolute atomic E-state index is 3.95. The molecule has 0 spiro atoms. The first-order chi connectivity index (χ1) is 7.22. The van der Waals surface area contributed by atoms with Crippen molar-refractivity contribution in [2.75, 3.05) is 0 Å². The zero-order chi connectivity index (χ0) is 11.1. The van der Waals surface area contributed by atoms with E-state index in [1.807, 2.05) is 18.2 Å². The summed E-state index contributed by atoms with van der Waals surface area (Å²) in [6.07, 6.45) is 7.04. The van der Waals surface area contributed by atoms with E-state index >= 15 is 0 Å². The fourth-order valence-corrected chi connectivity index (χ4v) is 1.92. The van der Waals surface area contributed by atoms with Gasteiger partial charge >= 0.3 is 0 Å². The fourth-order valence-electron chi connectivity index (χ4n) is 0.708. The molecule has 2 aromatic rings. The number of hydrogen-bond acceptors (Lipinski definition) is 2. The van der Waals surface area contributed by atoms with Crippen LogP contribution in [0.2, 0.25) is 0 Å². The molecule has 2 rings (SSSR count). The topological polar surface area (TPSA) is 25.8 Å². The van der Waals surface area contributed by atoms with E-state index in [0.717, 1.165) is 12.5 Å². The average Bonchev–Trinajstić information content (AvgIpc) is 2.29. The monoisotopic (exact) mass is 440 g/mol. The number of halogens is 3. The van der Waals surface area contributed by atoms with Crippen LogP contribution in [0.3, 0.4) is 0 Å². The van der Waals surface area contributed by atoms with Crippen LogP contribution in [-0.4, -0.2) is 9.97 Å². The molecule has 0 radical (unpaired) electrons. The van der Waals surface area contributed by atoms with Crippen LogP contribution >= 0.6 is 54.5 Å². The zero-order valence-corrected chi connectivity index (χ0v) is 12.9. The minimum Gasteiger partial charge on any atom is -0.265 e. The Labute approximate surface area is 119 Å². The predicted octanol–water partition coefficient (Wildman–Crippen LogP) is 4.29. The standard InChI is InChI=1S/C5H2Br2IN.C5H5N/c6-3-1-9-2-4(7)5(3)8;1-2-4-6-5-3-1/h1-2H;1-5H. The second kappa shape index (κ2) is 7.29. The first kappa shape index (κ1) is 13.1. The number of rotatable bonds is 0. The SMILES string of the molecule is Brc1cncc(Br)c1I.c1ccncc1. The van der Waals surface area contributed by atoms with E-state index in [-0.39, 0.29) is 0 Å². The van der Waals surface area contributed by atoms with Crippen molar-refractivity contribution in [2.24, 2.45) is 0 Å². The Hall–Kier alpha value is -0.0100. The minimum atomic E-state index is 1.03. The summed E-state index contributed by atoms with van der Waals surface area (Å²) in [7, 11) is 0. The Kier molecular flexibility index (Phi) is 6.35. The molecule has 15 heavy (non-hydrogen) atoms. The van der Waals surface area contributed by atoms with Crippen molar-refractivity contribution in [1.29, 1.82) is 0 Å². The van der Waals surface area contributed by atoms with Crippen molar-refractivity contribution in [2.45, 2.75) is 0 Å². The molecule has 0 aliphatic carbocycles. The second-order valence-corrected chi connectivity index (χ2v) is 5.23. The first-order valence-corrected chi connectivity index (χ1v) is 6.68. The van der Waals surface area contributed by atoms with E-state index in [4.69, 9.17) is 0 Å². The minimum absolute atomic E-state index is 1.03. The van der Waals surface area contributed by atoms with Gasteiger partial charge in [0.25, 0.3) is 0 Å². The number of hydrogen-bond donors (Lipinski definition) is 0. The first-order valence-electron chi connectivity index (χ1n) is 4.01. The van der Waals surface area contributed by atoms with Crippen LogP contribution < -0.4 is 0 Å². The molecule has 0 N–H and O–H groups in total. The highest BCUT2D eigenvalue weighted by Crippen LogP contribution is 2.24. The van der Waals surface area contributed by atoms with Crippen LogP contribution in [0.5, 0.6) is 0 Å². The van der Waals surface area contributed by atoms with Crippen LogP contribution in [-0.2, 0) is 0 Å². The van der Waals surface area contributed by atoms with Crippen molar-refractivity contribution in [3.05, 3.63) is 55.5 Å². The van der Waals surface area contributed by atoms with Gasteiger partial charge < -0.3 is 0 Å². The summed E-state index contributed by atoms with van der Waals surface area (Å²) in [5, 5.41) is 0. The van der Waals surface area contributed by atoms with Gasteiger partial charge in [-0.15, -0.1) is 0 Å². The average molecular weight is 442 g/mol. The summed E-state index contributed by atoms with van der Waals surface area (Å²) in [6.45, 7) is 0. The van der Waals surface area contributed by atoms with Gasteiger partial charge in [0.2, 0.25) is 0 Å². The molecule has 0 saturated carbocycles. The summed E-state index contributed by atoms with van der Waals surface area (Å²) in [4.78, 5) is 7.73. The Morgan fingerprint density at radius 2 is 1.40 bits per heavy atom. The highest BCUT2D eigenvalue weighted by Gasteiger charge is 1.98. The maximum Gasteiger partial charge on any atom is 0.0503 e. The summed E-state index contributed by atoms with van der Waals surface area (Å²) < 4.78 is 3.21. The van der Waals surface area contributed by atoms with Crippen LogP contribution in [0, 0.1) is 3.57 Å². The van der Waals surface area contributed by atoms with Gasteiger partial charge in [-0.05, 0) is 66.6 Å². The molecule has 0 atom stereocenters. The van der Waals surface area contributed by atoms with E-state index in [2.05, 4.69) is 64.4 Å². The third-order valence-electron chi connectivity index (χ3n) is 1.36. The molecule has 0 amide bonds. The van der Waals surface area contributed by atoms with Gasteiger partial charge in [-0.25, -0.2) is 0 Å². The summed E-state index contributed by atoms with van der Waals surface area (Å²) in [6, 6.07) is 5.72. The molecule has 0 aromatic carbocycles. The molecule has 5 heteroatoms. The lowest BCUT2D eigenvalue weighted by Gasteiger charge is -1.94. The summed E-state index contributed by atoms with van der Waals surface area (Å²) in [5.74, 6) is 0. The van der Waals surface area contributed by atoms with Gasteiger partial charge in [0, 0.05) is 28.4 Å². The van der Waals surface area contributed by atoms with Crippen molar-refractivity contribution in [3.63, 3.8) is 0 Å². The molecule has 78 valence electrons. The largest absolute Gasteiger partial charge is 0.265 e. The number of aromatic nitrogens is 2. The molecule has 0 aliphatic heterocycles. The highest BCUT2D eigenvalue weighted by atomic mass is 127. The van der Waals surface area contributed by atoms with E-state index < -0.39 is 0 Å². The summed E-state index contributed by atoms with van der Waals surface area (Å²) in [5.41, 5.74) is 0. The zero-order valence-electron chi connectivity index (χ0n) is 7.57. The van der Waals surface area contributed by atoms with Crippen molar-refractivity contribution < 1.29 is 0 Å². The van der Waals surface area contributed by atoms with Crippen LogP contribution in [0.15, 0.2) is 51.9 Å². The molecule has 0 saturated heterocycles. The molecule has 2 heterocycles.